The van der Waals surface area contributed by atoms with Crippen molar-refractivity contribution in [3.63, 3.8) is 0 Å². The van der Waals surface area contributed by atoms with E-state index >= 15 is 0 Å². The Kier molecular flexibility index (Phi) is 2.86. The average molecular weight is 235 g/mol. The number of carbonyl (C=O) groups is 2. The van der Waals surface area contributed by atoms with Gasteiger partial charge in [0.1, 0.15) is 6.04 Å². The van der Waals surface area contributed by atoms with E-state index in [1.165, 1.54) is 0 Å². The van der Waals surface area contributed by atoms with Gasteiger partial charge in [-0.05, 0) is 23.8 Å². The monoisotopic (exact) mass is 235 g/mol. The number of carbonyl (C=O) groups excluding carboxylic acids is 1. The summed E-state index contributed by atoms with van der Waals surface area (Å²) in [6.07, 6.45) is -0.254. The number of benzene rings is 1. The molecule has 5 N–H and O–H groups in total. The second-order valence-corrected chi connectivity index (χ2v) is 3.93. The third-order valence-electron chi connectivity index (χ3n) is 2.61. The van der Waals surface area contributed by atoms with E-state index < -0.39 is 12.0 Å². The molecule has 0 bridgehead atoms. The molecule has 0 spiro atoms. The predicted molar refractivity (Wildman–Crippen MR) is 62.4 cm³/mol. The molecule has 1 aromatic rings. The lowest BCUT2D eigenvalue weighted by Crippen LogP contribution is -2.38. The molecule has 1 amide bonds. The second kappa shape index (κ2) is 4.32. The number of nitrogens with one attached hydrogen (secondary N) is 2. The molecule has 1 aromatic carbocycles. The highest BCUT2D eigenvalue weighted by Crippen LogP contribution is 2.22. The van der Waals surface area contributed by atoms with Crippen LogP contribution in [0.5, 0.6) is 0 Å². The van der Waals surface area contributed by atoms with Gasteiger partial charge in [0.2, 0.25) is 5.91 Å². The number of hydrogen-bond donors (Lipinski definition) is 4. The highest BCUT2D eigenvalue weighted by atomic mass is 16.4. The van der Waals surface area contributed by atoms with Crippen molar-refractivity contribution in [2.75, 3.05) is 11.1 Å². The smallest absolute Gasteiger partial charge is 0.305 e. The number of nitrogen functional groups attached to an aromatic ring is 1. The molecule has 0 fully saturated rings. The zero-order valence-corrected chi connectivity index (χ0v) is 9.06. The number of hydrogen-bond acceptors (Lipinski definition) is 4. The van der Waals surface area contributed by atoms with E-state index in [1.54, 1.807) is 18.2 Å². The lowest BCUT2D eigenvalue weighted by Gasteiger charge is -2.14. The predicted octanol–water partition coefficient (Wildman–Crippen LogP) is 0.154. The number of nitrogens with two attached hydrogens (primary N) is 1. The van der Waals surface area contributed by atoms with Gasteiger partial charge in [0.05, 0.1) is 6.42 Å². The summed E-state index contributed by atoms with van der Waals surface area (Å²) in [5, 5.41) is 14.3. The van der Waals surface area contributed by atoms with E-state index in [1.807, 2.05) is 0 Å². The van der Waals surface area contributed by atoms with Crippen molar-refractivity contribution in [2.45, 2.75) is 19.0 Å². The molecule has 0 aromatic heterocycles. The summed E-state index contributed by atoms with van der Waals surface area (Å²) in [7, 11) is 0. The maximum Gasteiger partial charge on any atom is 0.305 e. The first-order chi connectivity index (χ1) is 8.06. The largest absolute Gasteiger partial charge is 0.481 e. The molecule has 1 aliphatic heterocycles. The first kappa shape index (κ1) is 11.3. The van der Waals surface area contributed by atoms with Crippen LogP contribution < -0.4 is 16.4 Å². The first-order valence-electron chi connectivity index (χ1n) is 5.20. The summed E-state index contributed by atoms with van der Waals surface area (Å²) in [5.41, 5.74) is 7.85. The second-order valence-electron chi connectivity index (χ2n) is 3.93. The lowest BCUT2D eigenvalue weighted by atomic mass is 10.1. The molecule has 17 heavy (non-hydrogen) atoms. The number of aliphatic carboxylic acids is 1. The minimum absolute atomic E-state index is 0.254. The fourth-order valence-electron chi connectivity index (χ4n) is 1.78. The SMILES string of the molecule is Nc1ccc2c(c1)CNC(=O)C(CC(=O)O)N2. The Bertz CT molecular complexity index is 473. The van der Waals surface area contributed by atoms with Crippen LogP contribution in [-0.4, -0.2) is 23.0 Å². The molecule has 6 nitrogen and oxygen atoms in total. The molecule has 0 radical (unpaired) electrons. The zero-order chi connectivity index (χ0) is 12.4. The molecule has 1 heterocycles. The molecule has 0 aliphatic carbocycles. The van der Waals surface area contributed by atoms with E-state index in [9.17, 15) is 9.59 Å². The van der Waals surface area contributed by atoms with Crippen molar-refractivity contribution in [1.82, 2.24) is 5.32 Å². The van der Waals surface area contributed by atoms with Crippen LogP contribution in [0.1, 0.15) is 12.0 Å². The summed E-state index contributed by atoms with van der Waals surface area (Å²) in [4.78, 5) is 22.3. The molecular weight excluding hydrogens is 222 g/mol. The van der Waals surface area contributed by atoms with Crippen LogP contribution in [0.2, 0.25) is 0 Å². The Morgan fingerprint density at radius 2 is 2.29 bits per heavy atom. The third-order valence-corrected chi connectivity index (χ3v) is 2.61. The van der Waals surface area contributed by atoms with Gasteiger partial charge in [0.25, 0.3) is 0 Å². The van der Waals surface area contributed by atoms with Gasteiger partial charge in [-0.1, -0.05) is 0 Å². The van der Waals surface area contributed by atoms with Crippen LogP contribution >= 0.6 is 0 Å². The maximum absolute atomic E-state index is 11.6. The van der Waals surface area contributed by atoms with E-state index in [-0.39, 0.29) is 12.3 Å². The normalized spacial score (nSPS) is 18.6. The molecular formula is C11H13N3O3. The van der Waals surface area contributed by atoms with Crippen LogP contribution in [0, 0.1) is 0 Å². The summed E-state index contributed by atoms with van der Waals surface area (Å²) in [6, 6.07) is 4.46. The van der Waals surface area contributed by atoms with Crippen LogP contribution in [0.4, 0.5) is 11.4 Å². The molecule has 90 valence electrons. The van der Waals surface area contributed by atoms with E-state index in [2.05, 4.69) is 10.6 Å². The minimum Gasteiger partial charge on any atom is -0.481 e. The van der Waals surface area contributed by atoms with E-state index in [0.29, 0.717) is 12.2 Å². The molecule has 0 saturated heterocycles. The summed E-state index contributed by atoms with van der Waals surface area (Å²) >= 11 is 0. The van der Waals surface area contributed by atoms with Gasteiger partial charge in [0, 0.05) is 17.9 Å². The maximum atomic E-state index is 11.6. The molecule has 1 atom stereocenters. The van der Waals surface area contributed by atoms with Crippen LogP contribution in [0.25, 0.3) is 0 Å². The molecule has 6 heteroatoms. The van der Waals surface area contributed by atoms with Gasteiger partial charge in [-0.25, -0.2) is 0 Å². The quantitative estimate of drug-likeness (QED) is 0.546. The molecule has 0 saturated carbocycles. The molecule has 1 unspecified atom stereocenters. The van der Waals surface area contributed by atoms with Crippen molar-refractivity contribution in [3.05, 3.63) is 23.8 Å². The number of fused-ring (bicyclic) bond motifs is 1. The molecule has 1 aliphatic rings. The number of anilines is 2. The Balaban J connectivity index is 2.27. The number of amides is 1. The van der Waals surface area contributed by atoms with Crippen molar-refractivity contribution in [2.24, 2.45) is 0 Å². The van der Waals surface area contributed by atoms with Crippen LogP contribution in [-0.2, 0) is 16.1 Å². The van der Waals surface area contributed by atoms with Crippen LogP contribution in [0.15, 0.2) is 18.2 Å². The first-order valence-corrected chi connectivity index (χ1v) is 5.20. The van der Waals surface area contributed by atoms with Crippen molar-refractivity contribution >= 4 is 23.3 Å². The number of rotatable bonds is 2. The van der Waals surface area contributed by atoms with Gasteiger partial charge in [-0.2, -0.15) is 0 Å². The lowest BCUT2D eigenvalue weighted by molar-refractivity contribution is -0.139. The van der Waals surface area contributed by atoms with Crippen molar-refractivity contribution < 1.29 is 14.7 Å². The fourth-order valence-corrected chi connectivity index (χ4v) is 1.78. The minimum atomic E-state index is -1.02. The fraction of sp³-hybridized carbons (Fsp3) is 0.273. The van der Waals surface area contributed by atoms with Gasteiger partial charge < -0.3 is 21.5 Å². The highest BCUT2D eigenvalue weighted by molar-refractivity contribution is 5.90. The van der Waals surface area contributed by atoms with Crippen LogP contribution in [0.3, 0.4) is 0 Å². The van der Waals surface area contributed by atoms with Gasteiger partial charge in [-0.15, -0.1) is 0 Å². The van der Waals surface area contributed by atoms with Gasteiger partial charge >= 0.3 is 5.97 Å². The Hall–Kier alpha value is -2.24. The van der Waals surface area contributed by atoms with E-state index in [4.69, 9.17) is 10.8 Å². The average Bonchev–Trinajstić information content (AvgIpc) is 2.40. The van der Waals surface area contributed by atoms with E-state index in [0.717, 1.165) is 11.3 Å². The van der Waals surface area contributed by atoms with Gasteiger partial charge in [-0.3, -0.25) is 9.59 Å². The zero-order valence-electron chi connectivity index (χ0n) is 9.06. The summed E-state index contributed by atoms with van der Waals surface area (Å²) < 4.78 is 0. The topological polar surface area (TPSA) is 104 Å². The summed E-state index contributed by atoms with van der Waals surface area (Å²) in [6.45, 7) is 0.350. The highest BCUT2D eigenvalue weighted by Gasteiger charge is 2.25. The number of carboxylic acid groups (broad SMARTS) is 1. The Morgan fingerprint density at radius 3 is 3.00 bits per heavy atom. The van der Waals surface area contributed by atoms with Crippen molar-refractivity contribution in [1.29, 1.82) is 0 Å². The van der Waals surface area contributed by atoms with Crippen molar-refractivity contribution in [3.8, 4) is 0 Å². The number of carboxylic acids is 1. The summed E-state index contributed by atoms with van der Waals surface area (Å²) in [5.74, 6) is -1.33. The third kappa shape index (κ3) is 2.47. The Morgan fingerprint density at radius 1 is 1.53 bits per heavy atom. The standard InChI is InChI=1S/C11H13N3O3/c12-7-1-2-8-6(3-7)5-13-11(17)9(14-8)4-10(15)16/h1-3,9,14H,4-5,12H2,(H,13,17)(H,15,16). The molecule has 2 rings (SSSR count). The van der Waals surface area contributed by atoms with Gasteiger partial charge in [0.15, 0.2) is 0 Å². The Labute approximate surface area is 97.8 Å².